The highest BCUT2D eigenvalue weighted by Gasteiger charge is 2.17. The van der Waals surface area contributed by atoms with Gasteiger partial charge in [0.25, 0.3) is 0 Å². The van der Waals surface area contributed by atoms with E-state index in [1.54, 1.807) is 18.2 Å². The molecule has 0 bridgehead atoms. The van der Waals surface area contributed by atoms with Crippen LogP contribution in [-0.2, 0) is 4.74 Å². The second kappa shape index (κ2) is 3.70. The molecule has 0 fully saturated rings. The molecule has 0 aliphatic heterocycles. The van der Waals surface area contributed by atoms with Crippen molar-refractivity contribution in [3.63, 3.8) is 0 Å². The lowest BCUT2D eigenvalue weighted by Gasteiger charge is -2.19. The average Bonchev–Trinajstić information content (AvgIpc) is 2.01. The first kappa shape index (κ1) is 10.6. The van der Waals surface area contributed by atoms with Crippen molar-refractivity contribution in [2.45, 2.75) is 26.4 Å². The van der Waals surface area contributed by atoms with Crippen LogP contribution in [0.3, 0.4) is 0 Å². The zero-order valence-electron chi connectivity index (χ0n) is 8.63. The molecule has 0 saturated heterocycles. The molecule has 14 heavy (non-hydrogen) atoms. The summed E-state index contributed by atoms with van der Waals surface area (Å²) in [6, 6.07) is 7.74. The summed E-state index contributed by atoms with van der Waals surface area (Å²) in [7, 11) is 0. The number of ether oxygens (including phenoxy) is 1. The van der Waals surface area contributed by atoms with Crippen molar-refractivity contribution in [1.29, 1.82) is 0 Å². The Morgan fingerprint density at radius 2 is 2.07 bits per heavy atom. The van der Waals surface area contributed by atoms with E-state index < -0.39 is 11.6 Å². The van der Waals surface area contributed by atoms with Crippen molar-refractivity contribution in [3.05, 3.63) is 29.8 Å². The van der Waals surface area contributed by atoms with Gasteiger partial charge in [0.15, 0.2) is 0 Å². The zero-order chi connectivity index (χ0) is 10.8. The minimum atomic E-state index is -0.491. The molecule has 1 radical (unpaired) electrons. The van der Waals surface area contributed by atoms with Crippen molar-refractivity contribution in [2.75, 3.05) is 5.73 Å². The van der Waals surface area contributed by atoms with Gasteiger partial charge in [-0.05, 0) is 32.9 Å². The number of hydrogen-bond acceptors (Lipinski definition) is 3. The zero-order valence-corrected chi connectivity index (χ0v) is 8.63. The first-order valence-electron chi connectivity index (χ1n) is 4.40. The molecule has 1 aromatic rings. The molecule has 0 aliphatic rings. The molecule has 0 aliphatic carbocycles. The molecule has 75 valence electrons. The molecule has 0 amide bonds. The van der Waals surface area contributed by atoms with E-state index in [-0.39, 0.29) is 0 Å². The lowest BCUT2D eigenvalue weighted by molar-refractivity contribution is 0.00692. The number of carbonyl (C=O) groups is 1. The fourth-order valence-electron chi connectivity index (χ4n) is 0.939. The minimum absolute atomic E-state index is 0.361. The normalized spacial score (nSPS) is 11.1. The van der Waals surface area contributed by atoms with E-state index in [9.17, 15) is 4.79 Å². The maximum Gasteiger partial charge on any atom is 0.339 e. The largest absolute Gasteiger partial charge is 0.456 e. The van der Waals surface area contributed by atoms with E-state index in [0.29, 0.717) is 11.3 Å². The summed E-state index contributed by atoms with van der Waals surface area (Å²) in [6.07, 6.45) is 0. The number of nitrogens with two attached hydrogens (primary N) is 1. The molecule has 0 atom stereocenters. The highest BCUT2D eigenvalue weighted by Crippen LogP contribution is 2.13. The Labute approximate surface area is 83.9 Å². The van der Waals surface area contributed by atoms with Gasteiger partial charge in [0.05, 0.1) is 5.56 Å². The van der Waals surface area contributed by atoms with E-state index in [1.807, 2.05) is 20.8 Å². The number of esters is 1. The van der Waals surface area contributed by atoms with E-state index in [4.69, 9.17) is 10.5 Å². The van der Waals surface area contributed by atoms with Crippen LogP contribution in [0.2, 0.25) is 0 Å². The molecular weight excluding hydrogens is 178 g/mol. The Morgan fingerprint density at radius 3 is 2.57 bits per heavy atom. The van der Waals surface area contributed by atoms with E-state index in [0.717, 1.165) is 0 Å². The minimum Gasteiger partial charge on any atom is -0.456 e. The first-order valence-corrected chi connectivity index (χ1v) is 4.40. The Morgan fingerprint density at radius 1 is 1.43 bits per heavy atom. The fraction of sp³-hybridized carbons (Fsp3) is 0.364. The molecule has 0 spiro atoms. The highest BCUT2D eigenvalue weighted by molar-refractivity contribution is 5.90. The second-order valence-electron chi connectivity index (χ2n) is 4.02. The van der Waals surface area contributed by atoms with Crippen molar-refractivity contribution >= 4 is 11.7 Å². The third-order valence-electron chi connectivity index (χ3n) is 1.44. The fourth-order valence-corrected chi connectivity index (χ4v) is 0.939. The van der Waals surface area contributed by atoms with Gasteiger partial charge < -0.3 is 10.5 Å². The summed E-state index contributed by atoms with van der Waals surface area (Å²) in [5, 5.41) is 0. The average molecular weight is 192 g/mol. The van der Waals surface area contributed by atoms with Crippen molar-refractivity contribution < 1.29 is 9.53 Å². The lowest BCUT2D eigenvalue weighted by atomic mass is 10.1. The second-order valence-corrected chi connectivity index (χ2v) is 4.02. The Hall–Kier alpha value is -1.51. The standard InChI is InChI=1S/C11H14NO2/c1-11(2,3)14-10(13)8-5-4-6-9(12)7-8/h4-6H,12H2,1-3H3. The number of nitrogen functional groups attached to an aromatic ring is 1. The molecule has 1 rings (SSSR count). The molecule has 0 saturated carbocycles. The summed E-state index contributed by atoms with van der Waals surface area (Å²) in [5.41, 5.74) is 5.81. The van der Waals surface area contributed by atoms with Crippen LogP contribution in [0.4, 0.5) is 5.69 Å². The van der Waals surface area contributed by atoms with Crippen LogP contribution in [0.25, 0.3) is 0 Å². The molecular formula is C11H14NO2. The van der Waals surface area contributed by atoms with Crippen LogP contribution in [0.1, 0.15) is 31.1 Å². The number of benzene rings is 1. The van der Waals surface area contributed by atoms with Crippen LogP contribution >= 0.6 is 0 Å². The van der Waals surface area contributed by atoms with E-state index in [1.165, 1.54) is 0 Å². The van der Waals surface area contributed by atoms with Crippen LogP contribution in [-0.4, -0.2) is 11.6 Å². The van der Waals surface area contributed by atoms with Crippen LogP contribution in [0.15, 0.2) is 18.2 Å². The summed E-state index contributed by atoms with van der Waals surface area (Å²) >= 11 is 0. The van der Waals surface area contributed by atoms with Gasteiger partial charge >= 0.3 is 5.97 Å². The summed E-state index contributed by atoms with van der Waals surface area (Å²) < 4.78 is 5.15. The predicted octanol–water partition coefficient (Wildman–Crippen LogP) is 2.02. The number of anilines is 1. The molecule has 0 aromatic heterocycles. The number of hydrogen-bond donors (Lipinski definition) is 1. The first-order chi connectivity index (χ1) is 6.38. The summed E-state index contributed by atoms with van der Waals surface area (Å²) in [6.45, 7) is 5.45. The van der Waals surface area contributed by atoms with Crippen LogP contribution in [0, 0.1) is 6.07 Å². The Balaban J connectivity index is 2.80. The number of rotatable bonds is 1. The third-order valence-corrected chi connectivity index (χ3v) is 1.44. The predicted molar refractivity (Wildman–Crippen MR) is 54.9 cm³/mol. The maximum atomic E-state index is 11.5. The van der Waals surface area contributed by atoms with Crippen molar-refractivity contribution in [3.8, 4) is 0 Å². The number of carbonyl (C=O) groups excluding carboxylic acids is 1. The molecule has 1 aromatic carbocycles. The molecule has 0 heterocycles. The summed E-state index contributed by atoms with van der Waals surface area (Å²) in [4.78, 5) is 11.5. The van der Waals surface area contributed by atoms with E-state index in [2.05, 4.69) is 6.07 Å². The molecule has 3 nitrogen and oxygen atoms in total. The van der Waals surface area contributed by atoms with Gasteiger partial charge in [0, 0.05) is 11.8 Å². The van der Waals surface area contributed by atoms with Gasteiger partial charge in [-0.25, -0.2) is 4.79 Å². The maximum absolute atomic E-state index is 11.5. The van der Waals surface area contributed by atoms with Crippen molar-refractivity contribution in [2.24, 2.45) is 0 Å². The van der Waals surface area contributed by atoms with Gasteiger partial charge in [-0.15, -0.1) is 0 Å². The summed E-state index contributed by atoms with van der Waals surface area (Å²) in [5.74, 6) is -0.398. The van der Waals surface area contributed by atoms with Gasteiger partial charge in [-0.3, -0.25) is 0 Å². The lowest BCUT2D eigenvalue weighted by Crippen LogP contribution is -2.23. The highest BCUT2D eigenvalue weighted by atomic mass is 16.6. The third kappa shape index (κ3) is 3.09. The molecule has 0 unspecified atom stereocenters. The van der Waals surface area contributed by atoms with E-state index >= 15 is 0 Å². The molecule has 2 N–H and O–H groups in total. The van der Waals surface area contributed by atoms with Gasteiger partial charge in [0.1, 0.15) is 5.60 Å². The van der Waals surface area contributed by atoms with Crippen molar-refractivity contribution in [1.82, 2.24) is 0 Å². The quantitative estimate of drug-likeness (QED) is 0.547. The Bertz CT molecular complexity index is 339. The SMILES string of the molecule is CC(C)(C)OC(=O)c1[c]c(N)ccc1. The Kier molecular flexibility index (Phi) is 2.79. The topological polar surface area (TPSA) is 52.3 Å². The molecule has 3 heteroatoms. The monoisotopic (exact) mass is 192 g/mol. The van der Waals surface area contributed by atoms with Gasteiger partial charge in [-0.1, -0.05) is 6.07 Å². The van der Waals surface area contributed by atoms with Gasteiger partial charge in [0.2, 0.25) is 0 Å². The smallest absolute Gasteiger partial charge is 0.339 e. The van der Waals surface area contributed by atoms with Crippen LogP contribution in [0.5, 0.6) is 0 Å². The van der Waals surface area contributed by atoms with Crippen LogP contribution < -0.4 is 5.73 Å². The van der Waals surface area contributed by atoms with Gasteiger partial charge in [-0.2, -0.15) is 0 Å².